The average Bonchev–Trinajstić information content (AvgIpc) is 2.29. The van der Waals surface area contributed by atoms with Crippen LogP contribution in [0.15, 0.2) is 30.3 Å². The minimum Gasteiger partial charge on any atom is -0.295 e. The Morgan fingerprint density at radius 3 is 2.56 bits per heavy atom. The zero-order valence-corrected chi connectivity index (χ0v) is 10.3. The maximum Gasteiger partial charge on any atom is 0.155 e. The van der Waals surface area contributed by atoms with Gasteiger partial charge in [-0.3, -0.25) is 4.79 Å². The third-order valence-corrected chi connectivity index (χ3v) is 2.61. The summed E-state index contributed by atoms with van der Waals surface area (Å²) in [6.45, 7) is 2.13. The highest BCUT2D eigenvalue weighted by molar-refractivity contribution is 6.30. The lowest BCUT2D eigenvalue weighted by Gasteiger charge is -1.95. The van der Waals surface area contributed by atoms with E-state index in [4.69, 9.17) is 11.6 Å². The summed E-state index contributed by atoms with van der Waals surface area (Å²) in [7, 11) is 0. The third kappa shape index (κ3) is 5.13. The highest BCUT2D eigenvalue weighted by atomic mass is 35.5. The van der Waals surface area contributed by atoms with Crippen molar-refractivity contribution >= 4 is 23.5 Å². The fraction of sp³-hybridized carbons (Fsp3) is 0.357. The first-order chi connectivity index (χ1) is 7.72. The summed E-state index contributed by atoms with van der Waals surface area (Å²) in [4.78, 5) is 11.4. The zero-order chi connectivity index (χ0) is 11.8. The molecule has 1 aromatic rings. The lowest BCUT2D eigenvalue weighted by Crippen LogP contribution is -1.91. The van der Waals surface area contributed by atoms with Crippen molar-refractivity contribution in [1.82, 2.24) is 0 Å². The second-order valence-electron chi connectivity index (χ2n) is 3.81. The van der Waals surface area contributed by atoms with E-state index >= 15 is 0 Å². The molecule has 1 aromatic carbocycles. The Balaban J connectivity index is 2.41. The number of carbonyl (C=O) groups excluding carboxylic acids is 1. The zero-order valence-electron chi connectivity index (χ0n) is 9.58. The van der Waals surface area contributed by atoms with E-state index in [9.17, 15) is 4.79 Å². The van der Waals surface area contributed by atoms with Crippen molar-refractivity contribution < 1.29 is 4.79 Å². The molecule has 16 heavy (non-hydrogen) atoms. The smallest absolute Gasteiger partial charge is 0.155 e. The third-order valence-electron chi connectivity index (χ3n) is 2.36. The van der Waals surface area contributed by atoms with Crippen LogP contribution in [0.1, 0.15) is 38.2 Å². The Kier molecular flexibility index (Phi) is 5.87. The Hall–Kier alpha value is -1.08. The molecule has 0 aliphatic rings. The van der Waals surface area contributed by atoms with Crippen LogP contribution in [0.25, 0.3) is 6.08 Å². The van der Waals surface area contributed by atoms with E-state index in [1.165, 1.54) is 0 Å². The van der Waals surface area contributed by atoms with Crippen molar-refractivity contribution in [3.05, 3.63) is 40.9 Å². The highest BCUT2D eigenvalue weighted by Gasteiger charge is 1.96. The van der Waals surface area contributed by atoms with Crippen molar-refractivity contribution in [2.24, 2.45) is 0 Å². The maximum absolute atomic E-state index is 11.4. The summed E-state index contributed by atoms with van der Waals surface area (Å²) in [5, 5.41) is 0.714. The van der Waals surface area contributed by atoms with Gasteiger partial charge in [0.15, 0.2) is 5.78 Å². The number of hydrogen-bond acceptors (Lipinski definition) is 1. The van der Waals surface area contributed by atoms with Gasteiger partial charge < -0.3 is 0 Å². The normalized spacial score (nSPS) is 10.9. The van der Waals surface area contributed by atoms with Crippen molar-refractivity contribution in [2.45, 2.75) is 32.6 Å². The number of halogens is 1. The van der Waals surface area contributed by atoms with Crippen LogP contribution in [0.3, 0.4) is 0 Å². The van der Waals surface area contributed by atoms with Crippen LogP contribution in [0.2, 0.25) is 5.02 Å². The molecule has 0 aromatic heterocycles. The second-order valence-corrected chi connectivity index (χ2v) is 4.24. The van der Waals surface area contributed by atoms with Crippen molar-refractivity contribution in [3.63, 3.8) is 0 Å². The molecule has 0 unspecified atom stereocenters. The summed E-state index contributed by atoms with van der Waals surface area (Å²) in [6.07, 6.45) is 7.40. The van der Waals surface area contributed by atoms with Gasteiger partial charge in [-0.1, -0.05) is 49.6 Å². The van der Waals surface area contributed by atoms with Gasteiger partial charge in [-0.25, -0.2) is 0 Å². The SMILES string of the molecule is CCCCCC(=O)C=Cc1ccc(Cl)cc1. The molecule has 0 saturated carbocycles. The summed E-state index contributed by atoms with van der Waals surface area (Å²) >= 11 is 5.77. The van der Waals surface area contributed by atoms with Gasteiger partial charge in [0.25, 0.3) is 0 Å². The molecule has 0 radical (unpaired) electrons. The first kappa shape index (κ1) is 13.0. The van der Waals surface area contributed by atoms with E-state index < -0.39 is 0 Å². The number of carbonyl (C=O) groups is 1. The topological polar surface area (TPSA) is 17.1 Å². The van der Waals surface area contributed by atoms with E-state index in [0.717, 1.165) is 24.8 Å². The first-order valence-electron chi connectivity index (χ1n) is 5.69. The minimum absolute atomic E-state index is 0.198. The van der Waals surface area contributed by atoms with Crippen molar-refractivity contribution in [3.8, 4) is 0 Å². The van der Waals surface area contributed by atoms with E-state index in [0.29, 0.717) is 11.4 Å². The van der Waals surface area contributed by atoms with Crippen LogP contribution in [-0.4, -0.2) is 5.78 Å². The molecule has 0 fully saturated rings. The van der Waals surface area contributed by atoms with Crippen LogP contribution in [0, 0.1) is 0 Å². The molecular weight excluding hydrogens is 220 g/mol. The van der Waals surface area contributed by atoms with Gasteiger partial charge in [-0.2, -0.15) is 0 Å². The maximum atomic E-state index is 11.4. The number of hydrogen-bond donors (Lipinski definition) is 0. The molecule has 0 N–H and O–H groups in total. The van der Waals surface area contributed by atoms with Gasteiger partial charge in [-0.15, -0.1) is 0 Å². The summed E-state index contributed by atoms with van der Waals surface area (Å²) < 4.78 is 0. The molecule has 0 atom stereocenters. The average molecular weight is 237 g/mol. The van der Waals surface area contributed by atoms with E-state index in [-0.39, 0.29) is 5.78 Å². The Bertz CT molecular complexity index is 352. The van der Waals surface area contributed by atoms with E-state index in [1.807, 2.05) is 30.3 Å². The van der Waals surface area contributed by atoms with E-state index in [1.54, 1.807) is 6.08 Å². The molecule has 0 saturated heterocycles. The number of benzene rings is 1. The van der Waals surface area contributed by atoms with Crippen LogP contribution in [-0.2, 0) is 4.79 Å². The Morgan fingerprint density at radius 1 is 1.25 bits per heavy atom. The molecule has 1 rings (SSSR count). The van der Waals surface area contributed by atoms with Crippen LogP contribution in [0.5, 0.6) is 0 Å². The fourth-order valence-corrected chi connectivity index (χ4v) is 1.52. The molecule has 0 spiro atoms. The Labute approximate surface area is 102 Å². The highest BCUT2D eigenvalue weighted by Crippen LogP contribution is 2.11. The molecule has 0 amide bonds. The molecule has 1 nitrogen and oxygen atoms in total. The van der Waals surface area contributed by atoms with Gasteiger partial charge in [-0.05, 0) is 30.2 Å². The van der Waals surface area contributed by atoms with Crippen molar-refractivity contribution in [2.75, 3.05) is 0 Å². The van der Waals surface area contributed by atoms with Crippen LogP contribution >= 0.6 is 11.6 Å². The first-order valence-corrected chi connectivity index (χ1v) is 6.06. The molecule has 0 bridgehead atoms. The van der Waals surface area contributed by atoms with Crippen LogP contribution in [0.4, 0.5) is 0 Å². The summed E-state index contributed by atoms with van der Waals surface area (Å²) in [5.41, 5.74) is 1.01. The number of allylic oxidation sites excluding steroid dienone is 1. The molecule has 2 heteroatoms. The number of unbranched alkanes of at least 4 members (excludes halogenated alkanes) is 2. The molecule has 86 valence electrons. The monoisotopic (exact) mass is 236 g/mol. The fourth-order valence-electron chi connectivity index (χ4n) is 1.40. The quantitative estimate of drug-likeness (QED) is 0.525. The summed E-state index contributed by atoms with van der Waals surface area (Å²) in [6, 6.07) is 7.45. The predicted molar refractivity (Wildman–Crippen MR) is 69.6 cm³/mol. The Morgan fingerprint density at radius 2 is 1.94 bits per heavy atom. The summed E-state index contributed by atoms with van der Waals surface area (Å²) in [5.74, 6) is 0.198. The second kappa shape index (κ2) is 7.24. The van der Waals surface area contributed by atoms with Gasteiger partial charge >= 0.3 is 0 Å². The number of ketones is 1. The standard InChI is InChI=1S/C14H17ClO/c1-2-3-4-5-14(16)11-8-12-6-9-13(15)10-7-12/h6-11H,2-5H2,1H3. The lowest BCUT2D eigenvalue weighted by molar-refractivity contribution is -0.114. The molecule has 0 aliphatic heterocycles. The molecule has 0 aliphatic carbocycles. The minimum atomic E-state index is 0.198. The van der Waals surface area contributed by atoms with Gasteiger partial charge in [0.2, 0.25) is 0 Å². The number of rotatable bonds is 6. The van der Waals surface area contributed by atoms with E-state index in [2.05, 4.69) is 6.92 Å². The molecular formula is C14H17ClO. The van der Waals surface area contributed by atoms with Gasteiger partial charge in [0.05, 0.1) is 0 Å². The molecule has 0 heterocycles. The predicted octanol–water partition coefficient (Wildman–Crippen LogP) is 4.50. The van der Waals surface area contributed by atoms with Gasteiger partial charge in [0.1, 0.15) is 0 Å². The van der Waals surface area contributed by atoms with Gasteiger partial charge in [0, 0.05) is 11.4 Å². The largest absolute Gasteiger partial charge is 0.295 e. The lowest BCUT2D eigenvalue weighted by atomic mass is 10.1. The van der Waals surface area contributed by atoms with Crippen LogP contribution < -0.4 is 0 Å². The van der Waals surface area contributed by atoms with Crippen molar-refractivity contribution in [1.29, 1.82) is 0 Å².